The van der Waals surface area contributed by atoms with Crippen molar-refractivity contribution in [3.63, 3.8) is 0 Å². The molecule has 0 bridgehead atoms. The van der Waals surface area contributed by atoms with Crippen molar-refractivity contribution in [1.82, 2.24) is 4.90 Å². The number of halogens is 2. The van der Waals surface area contributed by atoms with E-state index in [2.05, 4.69) is 0 Å². The van der Waals surface area contributed by atoms with Gasteiger partial charge in [-0.15, -0.1) is 0 Å². The second-order valence-corrected chi connectivity index (χ2v) is 6.64. The minimum Gasteiger partial charge on any atom is -0.493 e. The highest BCUT2D eigenvalue weighted by atomic mass is 19.1. The Labute approximate surface area is 155 Å². The predicted octanol–water partition coefficient (Wildman–Crippen LogP) is 3.51. The van der Waals surface area contributed by atoms with E-state index in [1.807, 2.05) is 18.2 Å². The van der Waals surface area contributed by atoms with Crippen LogP contribution in [0.3, 0.4) is 0 Å². The minimum atomic E-state index is -0.869. The normalized spacial score (nSPS) is 18.0. The van der Waals surface area contributed by atoms with Gasteiger partial charge in [0.2, 0.25) is 5.79 Å². The molecule has 27 heavy (non-hydrogen) atoms. The number of ether oxygens (including phenoxy) is 3. The van der Waals surface area contributed by atoms with Gasteiger partial charge in [-0.05, 0) is 18.2 Å². The van der Waals surface area contributed by atoms with E-state index < -0.39 is 28.9 Å². The van der Waals surface area contributed by atoms with E-state index in [0.29, 0.717) is 30.9 Å². The fraction of sp³-hybridized carbons (Fsp3) is 0.350. The summed E-state index contributed by atoms with van der Waals surface area (Å²) in [7, 11) is 1.57. The van der Waals surface area contributed by atoms with E-state index in [9.17, 15) is 13.6 Å². The van der Waals surface area contributed by atoms with E-state index in [1.165, 1.54) is 11.0 Å². The van der Waals surface area contributed by atoms with Crippen molar-refractivity contribution in [1.29, 1.82) is 0 Å². The maximum atomic E-state index is 13.9. The molecule has 5 nitrogen and oxygen atoms in total. The molecule has 2 aromatic carbocycles. The maximum Gasteiger partial charge on any atom is 0.259 e. The average Bonchev–Trinajstić information content (AvgIpc) is 2.68. The summed E-state index contributed by atoms with van der Waals surface area (Å²) < 4.78 is 45.2. The summed E-state index contributed by atoms with van der Waals surface area (Å²) in [6, 6.07) is 8.99. The fourth-order valence-corrected chi connectivity index (χ4v) is 3.53. The van der Waals surface area contributed by atoms with E-state index in [-0.39, 0.29) is 13.1 Å². The number of fused-ring (bicyclic) bond motifs is 1. The molecule has 0 atom stereocenters. The molecule has 0 aromatic heterocycles. The summed E-state index contributed by atoms with van der Waals surface area (Å²) in [5.74, 6) is -1.97. The van der Waals surface area contributed by atoms with Gasteiger partial charge in [0.1, 0.15) is 17.2 Å². The molecule has 2 aromatic rings. The third kappa shape index (κ3) is 3.12. The summed E-state index contributed by atoms with van der Waals surface area (Å²) in [6.07, 6.45) is 0.790. The van der Waals surface area contributed by atoms with Crippen molar-refractivity contribution in [2.24, 2.45) is 0 Å². The molecule has 0 unspecified atom stereocenters. The molecule has 1 spiro atoms. The number of carbonyl (C=O) groups is 1. The number of benzene rings is 2. The Kier molecular flexibility index (Phi) is 4.47. The van der Waals surface area contributed by atoms with Crippen LogP contribution in [0, 0.1) is 11.6 Å². The predicted molar refractivity (Wildman–Crippen MR) is 92.6 cm³/mol. The molecule has 0 N–H and O–H groups in total. The monoisotopic (exact) mass is 375 g/mol. The number of rotatable bonds is 2. The Morgan fingerprint density at radius 2 is 1.78 bits per heavy atom. The third-order valence-corrected chi connectivity index (χ3v) is 5.05. The lowest BCUT2D eigenvalue weighted by Crippen LogP contribution is -2.52. The third-order valence-electron chi connectivity index (χ3n) is 5.05. The van der Waals surface area contributed by atoms with Crippen LogP contribution in [0.4, 0.5) is 8.78 Å². The zero-order valence-corrected chi connectivity index (χ0v) is 14.8. The summed E-state index contributed by atoms with van der Waals surface area (Å²) in [6.45, 7) is 0.927. The van der Waals surface area contributed by atoms with Crippen LogP contribution >= 0.6 is 0 Å². The standard InChI is InChI=1S/C20H19F2NO4/c1-25-16-7-2-4-13-12-26-20(27-18(13)16)8-10-23(11-9-20)19(24)17-14(21)5-3-6-15(17)22/h2-7H,8-12H2,1H3. The van der Waals surface area contributed by atoms with Crippen LogP contribution in [-0.4, -0.2) is 36.8 Å². The van der Waals surface area contributed by atoms with Crippen LogP contribution in [0.2, 0.25) is 0 Å². The van der Waals surface area contributed by atoms with Gasteiger partial charge >= 0.3 is 0 Å². The van der Waals surface area contributed by atoms with Crippen molar-refractivity contribution >= 4 is 5.91 Å². The number of likely N-dealkylation sites (tertiary alicyclic amines) is 1. The molecule has 2 heterocycles. The van der Waals surface area contributed by atoms with E-state index >= 15 is 0 Å². The van der Waals surface area contributed by atoms with E-state index in [1.54, 1.807) is 7.11 Å². The average molecular weight is 375 g/mol. The Hall–Kier alpha value is -2.67. The Morgan fingerprint density at radius 1 is 1.11 bits per heavy atom. The van der Waals surface area contributed by atoms with Gasteiger partial charge in [-0.3, -0.25) is 4.79 Å². The van der Waals surface area contributed by atoms with Gasteiger partial charge < -0.3 is 19.1 Å². The number of para-hydroxylation sites is 1. The van der Waals surface area contributed by atoms with Crippen molar-refractivity contribution in [3.8, 4) is 11.5 Å². The van der Waals surface area contributed by atoms with Crippen molar-refractivity contribution in [3.05, 3.63) is 59.2 Å². The summed E-state index contributed by atoms with van der Waals surface area (Å²) in [5, 5.41) is 0. The first-order valence-electron chi connectivity index (χ1n) is 8.75. The number of amides is 1. The second-order valence-electron chi connectivity index (χ2n) is 6.64. The van der Waals surface area contributed by atoms with Gasteiger partial charge in [-0.2, -0.15) is 0 Å². The largest absolute Gasteiger partial charge is 0.493 e. The molecule has 0 aliphatic carbocycles. The van der Waals surface area contributed by atoms with Gasteiger partial charge in [-0.1, -0.05) is 18.2 Å². The highest BCUT2D eigenvalue weighted by Gasteiger charge is 2.43. The fourth-order valence-electron chi connectivity index (χ4n) is 3.53. The number of methoxy groups -OCH3 is 1. The van der Waals surface area contributed by atoms with Gasteiger partial charge in [0, 0.05) is 31.5 Å². The number of hydrogen-bond donors (Lipinski definition) is 0. The van der Waals surface area contributed by atoms with E-state index in [0.717, 1.165) is 17.7 Å². The molecular weight excluding hydrogens is 356 g/mol. The molecular formula is C20H19F2NO4. The first-order valence-corrected chi connectivity index (χ1v) is 8.75. The highest BCUT2D eigenvalue weighted by molar-refractivity contribution is 5.94. The van der Waals surface area contributed by atoms with Crippen LogP contribution in [0.1, 0.15) is 28.8 Å². The lowest BCUT2D eigenvalue weighted by molar-refractivity contribution is -0.226. The molecule has 4 rings (SSSR count). The van der Waals surface area contributed by atoms with E-state index in [4.69, 9.17) is 14.2 Å². The molecule has 1 amide bonds. The highest BCUT2D eigenvalue weighted by Crippen LogP contribution is 2.42. The Morgan fingerprint density at radius 3 is 2.44 bits per heavy atom. The SMILES string of the molecule is COc1cccc2c1OC1(CCN(C(=O)c3c(F)cccc3F)CC1)OC2. The van der Waals surface area contributed by atoms with Crippen molar-refractivity contribution in [2.75, 3.05) is 20.2 Å². The lowest BCUT2D eigenvalue weighted by Gasteiger charge is -2.44. The first-order chi connectivity index (χ1) is 13.0. The topological polar surface area (TPSA) is 48.0 Å². The van der Waals surface area contributed by atoms with Crippen molar-refractivity contribution in [2.45, 2.75) is 25.2 Å². The van der Waals surface area contributed by atoms with Gasteiger partial charge in [0.25, 0.3) is 5.91 Å². The minimum absolute atomic E-state index is 0.275. The summed E-state index contributed by atoms with van der Waals surface area (Å²) in [4.78, 5) is 14.0. The van der Waals surface area contributed by atoms with Gasteiger partial charge in [-0.25, -0.2) is 8.78 Å². The first kappa shape index (κ1) is 17.7. The Bertz CT molecular complexity index is 844. The molecule has 142 valence electrons. The van der Waals surface area contributed by atoms with Crippen molar-refractivity contribution < 1.29 is 27.8 Å². The number of hydrogen-bond acceptors (Lipinski definition) is 4. The van der Waals surface area contributed by atoms with Crippen LogP contribution in [0.25, 0.3) is 0 Å². The maximum absolute atomic E-state index is 13.9. The molecule has 7 heteroatoms. The number of carbonyl (C=O) groups excluding carboxylic acids is 1. The molecule has 1 fully saturated rings. The molecule has 1 saturated heterocycles. The number of piperidine rings is 1. The zero-order valence-electron chi connectivity index (χ0n) is 14.8. The molecule has 0 radical (unpaired) electrons. The van der Waals surface area contributed by atoms with Crippen LogP contribution in [0.5, 0.6) is 11.5 Å². The smallest absolute Gasteiger partial charge is 0.259 e. The zero-order chi connectivity index (χ0) is 19.0. The summed E-state index contributed by atoms with van der Waals surface area (Å²) in [5.41, 5.74) is 0.373. The number of nitrogens with zero attached hydrogens (tertiary/aromatic N) is 1. The van der Waals surface area contributed by atoms with Crippen LogP contribution in [0.15, 0.2) is 36.4 Å². The van der Waals surface area contributed by atoms with Gasteiger partial charge in [0.15, 0.2) is 11.5 Å². The van der Waals surface area contributed by atoms with Crippen LogP contribution in [-0.2, 0) is 11.3 Å². The second kappa shape index (κ2) is 6.81. The van der Waals surface area contributed by atoms with Crippen LogP contribution < -0.4 is 9.47 Å². The molecule has 2 aliphatic heterocycles. The quantitative estimate of drug-likeness (QED) is 0.806. The molecule has 2 aliphatic rings. The van der Waals surface area contributed by atoms with Gasteiger partial charge in [0.05, 0.1) is 13.7 Å². The molecule has 0 saturated carbocycles. The summed E-state index contributed by atoms with van der Waals surface area (Å²) >= 11 is 0. The lowest BCUT2D eigenvalue weighted by atomic mass is 10.00. The Balaban J connectivity index is 1.50.